The normalized spacial score (nSPS) is 22.3. The van der Waals surface area contributed by atoms with Crippen molar-refractivity contribution in [3.63, 3.8) is 0 Å². The van der Waals surface area contributed by atoms with Crippen LogP contribution in [0.1, 0.15) is 12.0 Å². The third-order valence-corrected chi connectivity index (χ3v) is 3.83. The van der Waals surface area contributed by atoms with Gasteiger partial charge >= 0.3 is 0 Å². The summed E-state index contributed by atoms with van der Waals surface area (Å²) in [5.41, 5.74) is 0.897. The Morgan fingerprint density at radius 2 is 2.25 bits per heavy atom. The highest BCUT2D eigenvalue weighted by Gasteiger charge is 2.24. The zero-order valence-electron chi connectivity index (χ0n) is 8.83. The molecule has 1 aromatic rings. The van der Waals surface area contributed by atoms with E-state index in [1.54, 1.807) is 6.07 Å². The van der Waals surface area contributed by atoms with Crippen LogP contribution in [0.3, 0.4) is 0 Å². The van der Waals surface area contributed by atoms with Gasteiger partial charge in [0.15, 0.2) is 0 Å². The lowest BCUT2D eigenvalue weighted by molar-refractivity contribution is 0.0919. The Balaban J connectivity index is 2.05. The predicted octanol–water partition coefficient (Wildman–Crippen LogP) is 2.93. The van der Waals surface area contributed by atoms with Gasteiger partial charge in [0.25, 0.3) is 0 Å². The smallest absolute Gasteiger partial charge is 0.0632 e. The first kappa shape index (κ1) is 12.2. The lowest BCUT2D eigenvalue weighted by atomic mass is 9.95. The van der Waals surface area contributed by atoms with Gasteiger partial charge in [0.1, 0.15) is 0 Å². The average Bonchev–Trinajstić information content (AvgIpc) is 2.78. The number of hydrogen-bond donors (Lipinski definition) is 1. The fourth-order valence-electron chi connectivity index (χ4n) is 1.95. The van der Waals surface area contributed by atoms with Crippen molar-refractivity contribution < 1.29 is 9.84 Å². The van der Waals surface area contributed by atoms with Gasteiger partial charge < -0.3 is 9.84 Å². The fraction of sp³-hybridized carbons (Fsp3) is 0.500. The largest absolute Gasteiger partial charge is 0.392 e. The van der Waals surface area contributed by atoms with E-state index in [0.29, 0.717) is 23.1 Å². The summed E-state index contributed by atoms with van der Waals surface area (Å²) < 4.78 is 5.25. The van der Waals surface area contributed by atoms with Crippen LogP contribution in [-0.2, 0) is 11.2 Å². The molecule has 2 unspecified atom stereocenters. The van der Waals surface area contributed by atoms with E-state index in [4.69, 9.17) is 27.9 Å². The molecule has 0 aromatic heterocycles. The number of benzene rings is 1. The minimum Gasteiger partial charge on any atom is -0.392 e. The SMILES string of the molecule is OC(Cc1cccc(Cl)c1Cl)C1CCOC1. The second-order valence-electron chi connectivity index (χ2n) is 4.11. The van der Waals surface area contributed by atoms with Crippen molar-refractivity contribution in [2.24, 2.45) is 5.92 Å². The molecule has 1 aliphatic rings. The zero-order chi connectivity index (χ0) is 11.5. The lowest BCUT2D eigenvalue weighted by Crippen LogP contribution is -2.23. The molecule has 1 saturated heterocycles. The van der Waals surface area contributed by atoms with Gasteiger partial charge in [-0.05, 0) is 18.1 Å². The minimum atomic E-state index is -0.404. The van der Waals surface area contributed by atoms with Crippen molar-refractivity contribution in [1.82, 2.24) is 0 Å². The highest BCUT2D eigenvalue weighted by atomic mass is 35.5. The van der Waals surface area contributed by atoms with Crippen molar-refractivity contribution in [2.75, 3.05) is 13.2 Å². The Labute approximate surface area is 105 Å². The van der Waals surface area contributed by atoms with Gasteiger partial charge in [-0.2, -0.15) is 0 Å². The van der Waals surface area contributed by atoms with E-state index in [-0.39, 0.29) is 5.92 Å². The molecule has 0 radical (unpaired) electrons. The quantitative estimate of drug-likeness (QED) is 0.906. The van der Waals surface area contributed by atoms with Crippen LogP contribution in [0.25, 0.3) is 0 Å². The predicted molar refractivity (Wildman–Crippen MR) is 65.1 cm³/mol. The lowest BCUT2D eigenvalue weighted by Gasteiger charge is -2.17. The van der Waals surface area contributed by atoms with Gasteiger partial charge in [0.2, 0.25) is 0 Å². The molecular weight excluding hydrogens is 247 g/mol. The molecule has 2 rings (SSSR count). The van der Waals surface area contributed by atoms with Gasteiger partial charge in [-0.25, -0.2) is 0 Å². The monoisotopic (exact) mass is 260 g/mol. The number of aliphatic hydroxyl groups excluding tert-OH is 1. The Hall–Kier alpha value is -0.280. The summed E-state index contributed by atoms with van der Waals surface area (Å²) in [6.45, 7) is 1.38. The summed E-state index contributed by atoms with van der Waals surface area (Å²) in [4.78, 5) is 0. The molecule has 4 heteroatoms. The van der Waals surface area contributed by atoms with Gasteiger partial charge in [-0.15, -0.1) is 0 Å². The molecular formula is C12H14Cl2O2. The molecule has 1 aliphatic heterocycles. The average molecular weight is 261 g/mol. The van der Waals surface area contributed by atoms with Crippen molar-refractivity contribution in [2.45, 2.75) is 18.9 Å². The van der Waals surface area contributed by atoms with E-state index in [1.165, 1.54) is 0 Å². The fourth-order valence-corrected chi connectivity index (χ4v) is 2.35. The van der Waals surface area contributed by atoms with Crippen LogP contribution in [0.15, 0.2) is 18.2 Å². The van der Waals surface area contributed by atoms with Crippen LogP contribution in [0, 0.1) is 5.92 Å². The molecule has 0 amide bonds. The van der Waals surface area contributed by atoms with Crippen LogP contribution in [0.4, 0.5) is 0 Å². The Bertz CT molecular complexity index is 362. The van der Waals surface area contributed by atoms with Crippen LogP contribution in [0.2, 0.25) is 10.0 Å². The van der Waals surface area contributed by atoms with Gasteiger partial charge in [-0.3, -0.25) is 0 Å². The molecule has 16 heavy (non-hydrogen) atoms. The number of aliphatic hydroxyl groups is 1. The Morgan fingerprint density at radius 1 is 1.44 bits per heavy atom. The van der Waals surface area contributed by atoms with E-state index >= 15 is 0 Å². The first-order valence-corrected chi connectivity index (χ1v) is 6.13. The maximum absolute atomic E-state index is 10.0. The second-order valence-corrected chi connectivity index (χ2v) is 4.89. The zero-order valence-corrected chi connectivity index (χ0v) is 10.3. The molecule has 1 fully saturated rings. The summed E-state index contributed by atoms with van der Waals surface area (Å²) in [5.74, 6) is 0.218. The summed E-state index contributed by atoms with van der Waals surface area (Å²) in [6, 6.07) is 5.49. The molecule has 0 aliphatic carbocycles. The highest BCUT2D eigenvalue weighted by molar-refractivity contribution is 6.42. The summed E-state index contributed by atoms with van der Waals surface area (Å²) in [7, 11) is 0. The molecule has 0 spiro atoms. The number of hydrogen-bond acceptors (Lipinski definition) is 2. The molecule has 2 atom stereocenters. The Kier molecular flexibility index (Phi) is 4.09. The van der Waals surface area contributed by atoms with Crippen LogP contribution >= 0.6 is 23.2 Å². The van der Waals surface area contributed by atoms with Gasteiger partial charge in [0.05, 0.1) is 22.8 Å². The van der Waals surface area contributed by atoms with E-state index < -0.39 is 6.10 Å². The van der Waals surface area contributed by atoms with Crippen LogP contribution < -0.4 is 0 Å². The molecule has 0 saturated carbocycles. The third-order valence-electron chi connectivity index (χ3n) is 2.97. The topological polar surface area (TPSA) is 29.5 Å². The highest BCUT2D eigenvalue weighted by Crippen LogP contribution is 2.28. The van der Waals surface area contributed by atoms with Gasteiger partial charge in [0, 0.05) is 18.9 Å². The summed E-state index contributed by atoms with van der Waals surface area (Å²) >= 11 is 12.0. The first-order valence-electron chi connectivity index (χ1n) is 5.37. The molecule has 1 aromatic carbocycles. The molecule has 0 bridgehead atoms. The number of rotatable bonds is 3. The standard InChI is InChI=1S/C12H14Cl2O2/c13-10-3-1-2-8(12(10)14)6-11(15)9-4-5-16-7-9/h1-3,9,11,15H,4-7H2. The van der Waals surface area contributed by atoms with Crippen LogP contribution in [-0.4, -0.2) is 24.4 Å². The molecule has 1 heterocycles. The first-order chi connectivity index (χ1) is 7.68. The van der Waals surface area contributed by atoms with Crippen molar-refractivity contribution >= 4 is 23.2 Å². The maximum atomic E-state index is 10.0. The molecule has 2 nitrogen and oxygen atoms in total. The van der Waals surface area contributed by atoms with E-state index in [0.717, 1.165) is 18.6 Å². The van der Waals surface area contributed by atoms with Crippen molar-refractivity contribution in [1.29, 1.82) is 0 Å². The third kappa shape index (κ3) is 2.69. The van der Waals surface area contributed by atoms with E-state index in [2.05, 4.69) is 0 Å². The summed E-state index contributed by atoms with van der Waals surface area (Å²) in [6.07, 6.45) is 1.05. The molecule has 88 valence electrons. The van der Waals surface area contributed by atoms with E-state index in [1.807, 2.05) is 12.1 Å². The summed E-state index contributed by atoms with van der Waals surface area (Å²) in [5, 5.41) is 11.1. The van der Waals surface area contributed by atoms with Crippen LogP contribution in [0.5, 0.6) is 0 Å². The van der Waals surface area contributed by atoms with Crippen molar-refractivity contribution in [3.05, 3.63) is 33.8 Å². The minimum absolute atomic E-state index is 0.218. The number of halogens is 2. The second kappa shape index (κ2) is 5.37. The maximum Gasteiger partial charge on any atom is 0.0632 e. The van der Waals surface area contributed by atoms with Crippen molar-refractivity contribution in [3.8, 4) is 0 Å². The van der Waals surface area contributed by atoms with E-state index in [9.17, 15) is 5.11 Å². The van der Waals surface area contributed by atoms with Gasteiger partial charge in [-0.1, -0.05) is 35.3 Å². The Morgan fingerprint density at radius 3 is 2.94 bits per heavy atom. The molecule has 1 N–H and O–H groups in total. The number of ether oxygens (including phenoxy) is 1.